The highest BCUT2D eigenvalue weighted by molar-refractivity contribution is 6.18. The largest absolute Gasteiger partial charge is 0.341 e. The molecule has 17 heavy (non-hydrogen) atoms. The van der Waals surface area contributed by atoms with Gasteiger partial charge in [0.1, 0.15) is 0 Å². The molecule has 0 aliphatic heterocycles. The molecule has 0 saturated heterocycles. The zero-order chi connectivity index (χ0) is 12.8. The second kappa shape index (κ2) is 6.20. The number of halogens is 1. The topological polar surface area (TPSA) is 63.4 Å². The quantitative estimate of drug-likeness (QED) is 0.461. The second-order valence-electron chi connectivity index (χ2n) is 3.61. The number of nitro groups is 1. The van der Waals surface area contributed by atoms with E-state index in [1.807, 2.05) is 0 Å². The first-order valence-electron chi connectivity index (χ1n) is 5.08. The number of rotatable bonds is 5. The molecule has 0 heterocycles. The fraction of sp³-hybridized carbons (Fsp3) is 0.364. The van der Waals surface area contributed by atoms with Gasteiger partial charge in [-0.3, -0.25) is 14.9 Å². The zero-order valence-electron chi connectivity index (χ0n) is 9.43. The van der Waals surface area contributed by atoms with E-state index in [2.05, 4.69) is 0 Å². The summed E-state index contributed by atoms with van der Waals surface area (Å²) in [5.74, 6) is 0.252. The van der Waals surface area contributed by atoms with Crippen LogP contribution in [0.5, 0.6) is 0 Å². The molecule has 1 amide bonds. The van der Waals surface area contributed by atoms with E-state index in [1.165, 1.54) is 12.1 Å². The molecule has 0 radical (unpaired) electrons. The van der Waals surface area contributed by atoms with Gasteiger partial charge in [0.15, 0.2) is 0 Å². The summed E-state index contributed by atoms with van der Waals surface area (Å²) in [5.41, 5.74) is 0.893. The van der Waals surface area contributed by atoms with Crippen molar-refractivity contribution >= 4 is 23.2 Å². The van der Waals surface area contributed by atoms with Crippen molar-refractivity contribution < 1.29 is 9.72 Å². The van der Waals surface area contributed by atoms with Gasteiger partial charge < -0.3 is 4.90 Å². The maximum Gasteiger partial charge on any atom is 0.269 e. The van der Waals surface area contributed by atoms with Crippen LogP contribution in [0.15, 0.2) is 24.3 Å². The smallest absolute Gasteiger partial charge is 0.269 e. The molecule has 1 aromatic rings. The van der Waals surface area contributed by atoms with E-state index in [-0.39, 0.29) is 11.6 Å². The first-order valence-corrected chi connectivity index (χ1v) is 5.61. The van der Waals surface area contributed by atoms with Gasteiger partial charge in [0.25, 0.3) is 5.69 Å². The minimum absolute atomic E-state index is 0.0432. The van der Waals surface area contributed by atoms with Crippen LogP contribution in [0.1, 0.15) is 12.0 Å². The lowest BCUT2D eigenvalue weighted by atomic mass is 10.2. The van der Waals surface area contributed by atoms with Crippen LogP contribution in [0, 0.1) is 10.1 Å². The molecule has 0 fully saturated rings. The SMILES string of the molecule is CN(Cc1ccc([N+](=O)[O-])cc1)C(=O)CCCl. The van der Waals surface area contributed by atoms with Crippen molar-refractivity contribution in [1.29, 1.82) is 0 Å². The molecular formula is C11H13ClN2O3. The van der Waals surface area contributed by atoms with Crippen LogP contribution in [0.2, 0.25) is 0 Å². The predicted molar refractivity (Wildman–Crippen MR) is 64.9 cm³/mol. The summed E-state index contributed by atoms with van der Waals surface area (Å²) in [4.78, 5) is 23.0. The van der Waals surface area contributed by atoms with Crippen molar-refractivity contribution in [1.82, 2.24) is 4.90 Å². The maximum absolute atomic E-state index is 11.5. The molecule has 0 spiro atoms. The highest BCUT2D eigenvalue weighted by Gasteiger charge is 2.09. The van der Waals surface area contributed by atoms with Gasteiger partial charge in [0.2, 0.25) is 5.91 Å². The van der Waals surface area contributed by atoms with Gasteiger partial charge in [-0.2, -0.15) is 0 Å². The monoisotopic (exact) mass is 256 g/mol. The van der Waals surface area contributed by atoms with Gasteiger partial charge in [-0.25, -0.2) is 0 Å². The number of benzene rings is 1. The Bertz CT molecular complexity index is 406. The number of alkyl halides is 1. The van der Waals surface area contributed by atoms with Crippen LogP contribution in [0.3, 0.4) is 0 Å². The molecular weight excluding hydrogens is 244 g/mol. The summed E-state index contributed by atoms with van der Waals surface area (Å²) in [6.45, 7) is 0.424. The average molecular weight is 257 g/mol. The Labute approximate surface area is 104 Å². The Morgan fingerprint density at radius 2 is 2.00 bits per heavy atom. The molecule has 0 bridgehead atoms. The molecule has 0 atom stereocenters. The lowest BCUT2D eigenvalue weighted by Gasteiger charge is -2.16. The molecule has 1 aromatic carbocycles. The van der Waals surface area contributed by atoms with Gasteiger partial charge in [-0.1, -0.05) is 12.1 Å². The van der Waals surface area contributed by atoms with E-state index < -0.39 is 4.92 Å². The zero-order valence-corrected chi connectivity index (χ0v) is 10.2. The molecule has 1 rings (SSSR count). The molecule has 0 aliphatic rings. The second-order valence-corrected chi connectivity index (χ2v) is 3.99. The summed E-state index contributed by atoms with van der Waals surface area (Å²) in [7, 11) is 1.68. The Balaban J connectivity index is 2.63. The highest BCUT2D eigenvalue weighted by Crippen LogP contribution is 2.13. The number of hydrogen-bond acceptors (Lipinski definition) is 3. The molecule has 0 N–H and O–H groups in total. The lowest BCUT2D eigenvalue weighted by Crippen LogP contribution is -2.26. The average Bonchev–Trinajstić information content (AvgIpc) is 2.30. The third-order valence-corrected chi connectivity index (χ3v) is 2.49. The molecule has 5 nitrogen and oxygen atoms in total. The molecule has 0 aromatic heterocycles. The third kappa shape index (κ3) is 4.03. The van der Waals surface area contributed by atoms with Crippen LogP contribution in [0.4, 0.5) is 5.69 Å². The maximum atomic E-state index is 11.5. The van der Waals surface area contributed by atoms with Crippen molar-refractivity contribution in [3.8, 4) is 0 Å². The fourth-order valence-corrected chi connectivity index (χ4v) is 1.52. The van der Waals surface area contributed by atoms with Crippen LogP contribution >= 0.6 is 11.6 Å². The van der Waals surface area contributed by atoms with Gasteiger partial charge >= 0.3 is 0 Å². The first kappa shape index (κ1) is 13.4. The van der Waals surface area contributed by atoms with Crippen molar-refractivity contribution in [2.45, 2.75) is 13.0 Å². The van der Waals surface area contributed by atoms with E-state index in [9.17, 15) is 14.9 Å². The van der Waals surface area contributed by atoms with E-state index >= 15 is 0 Å². The Morgan fingerprint density at radius 1 is 1.41 bits per heavy atom. The normalized spacial score (nSPS) is 10.0. The van der Waals surface area contributed by atoms with Crippen molar-refractivity contribution in [2.24, 2.45) is 0 Å². The van der Waals surface area contributed by atoms with E-state index in [0.717, 1.165) is 5.56 Å². The summed E-state index contributed by atoms with van der Waals surface area (Å²) >= 11 is 5.48. The lowest BCUT2D eigenvalue weighted by molar-refractivity contribution is -0.384. The minimum atomic E-state index is -0.452. The summed E-state index contributed by atoms with van der Waals surface area (Å²) in [5, 5.41) is 10.5. The number of hydrogen-bond donors (Lipinski definition) is 0. The van der Waals surface area contributed by atoms with Crippen LogP contribution in [0.25, 0.3) is 0 Å². The number of nitrogens with zero attached hydrogens (tertiary/aromatic N) is 2. The van der Waals surface area contributed by atoms with Crippen molar-refractivity contribution in [3.63, 3.8) is 0 Å². The Hall–Kier alpha value is -1.62. The van der Waals surface area contributed by atoms with Crippen LogP contribution in [-0.2, 0) is 11.3 Å². The van der Waals surface area contributed by atoms with Gasteiger partial charge in [0, 0.05) is 38.0 Å². The van der Waals surface area contributed by atoms with Gasteiger partial charge in [-0.15, -0.1) is 11.6 Å². The van der Waals surface area contributed by atoms with E-state index in [4.69, 9.17) is 11.6 Å². The standard InChI is InChI=1S/C11H13ClN2O3/c1-13(11(15)6-7-12)8-9-2-4-10(5-3-9)14(16)17/h2-5H,6-8H2,1H3. The predicted octanol–water partition coefficient (Wildman–Crippen LogP) is 2.18. The molecule has 0 saturated carbocycles. The van der Waals surface area contributed by atoms with E-state index in [0.29, 0.717) is 18.8 Å². The van der Waals surface area contributed by atoms with Crippen molar-refractivity contribution in [2.75, 3.05) is 12.9 Å². The molecule has 6 heteroatoms. The minimum Gasteiger partial charge on any atom is -0.341 e. The molecule has 0 aliphatic carbocycles. The summed E-state index contributed by atoms with van der Waals surface area (Å²) in [6, 6.07) is 6.13. The molecule has 92 valence electrons. The van der Waals surface area contributed by atoms with Gasteiger partial charge in [0.05, 0.1) is 4.92 Å². The summed E-state index contributed by atoms with van der Waals surface area (Å²) < 4.78 is 0. The van der Waals surface area contributed by atoms with E-state index in [1.54, 1.807) is 24.1 Å². The fourth-order valence-electron chi connectivity index (χ4n) is 1.36. The van der Waals surface area contributed by atoms with Crippen molar-refractivity contribution in [3.05, 3.63) is 39.9 Å². The number of non-ortho nitro benzene ring substituents is 1. The third-order valence-electron chi connectivity index (χ3n) is 2.30. The highest BCUT2D eigenvalue weighted by atomic mass is 35.5. The number of carbonyl (C=O) groups is 1. The number of nitro benzene ring substituents is 1. The molecule has 0 unspecified atom stereocenters. The number of carbonyl (C=O) groups excluding carboxylic acids is 1. The first-order chi connectivity index (χ1) is 8.04. The Morgan fingerprint density at radius 3 is 2.47 bits per heavy atom. The van der Waals surface area contributed by atoms with Crippen LogP contribution < -0.4 is 0 Å². The summed E-state index contributed by atoms with van der Waals surface area (Å²) in [6.07, 6.45) is 0.297. The Kier molecular flexibility index (Phi) is 4.90. The van der Waals surface area contributed by atoms with Gasteiger partial charge in [-0.05, 0) is 5.56 Å². The number of amides is 1. The van der Waals surface area contributed by atoms with Crippen LogP contribution in [-0.4, -0.2) is 28.7 Å².